The Morgan fingerprint density at radius 3 is 2.60 bits per heavy atom. The van der Waals surface area contributed by atoms with E-state index >= 15 is 0 Å². The van der Waals surface area contributed by atoms with Crippen molar-refractivity contribution in [2.24, 2.45) is 0 Å². The fourth-order valence-corrected chi connectivity index (χ4v) is 1.99. The molecule has 20 heavy (non-hydrogen) atoms. The van der Waals surface area contributed by atoms with Gasteiger partial charge in [-0.15, -0.1) is 0 Å². The van der Waals surface area contributed by atoms with Crippen LogP contribution in [0.2, 0.25) is 10.0 Å². The second kappa shape index (κ2) is 6.11. The number of anilines is 2. The normalized spacial score (nSPS) is 10.3. The van der Waals surface area contributed by atoms with E-state index in [4.69, 9.17) is 28.9 Å². The van der Waals surface area contributed by atoms with E-state index in [-0.39, 0.29) is 18.0 Å². The van der Waals surface area contributed by atoms with E-state index in [2.05, 4.69) is 5.32 Å². The summed E-state index contributed by atoms with van der Waals surface area (Å²) in [6.45, 7) is 0. The number of amides is 1. The second-order valence-electron chi connectivity index (χ2n) is 4.20. The van der Waals surface area contributed by atoms with Gasteiger partial charge in [0.1, 0.15) is 5.82 Å². The van der Waals surface area contributed by atoms with E-state index in [1.165, 1.54) is 18.2 Å². The molecule has 0 aromatic heterocycles. The van der Waals surface area contributed by atoms with Crippen LogP contribution in [0.15, 0.2) is 36.4 Å². The topological polar surface area (TPSA) is 55.1 Å². The number of halogens is 3. The zero-order valence-electron chi connectivity index (χ0n) is 10.3. The largest absolute Gasteiger partial charge is 0.397 e. The van der Waals surface area contributed by atoms with Gasteiger partial charge < -0.3 is 11.1 Å². The predicted octanol–water partition coefficient (Wildman–Crippen LogP) is 3.90. The highest BCUT2D eigenvalue weighted by molar-refractivity contribution is 6.42. The van der Waals surface area contributed by atoms with Gasteiger partial charge in [0.25, 0.3) is 0 Å². The van der Waals surface area contributed by atoms with E-state index in [1.54, 1.807) is 18.2 Å². The summed E-state index contributed by atoms with van der Waals surface area (Å²) in [5.41, 5.74) is 6.90. The first-order valence-corrected chi connectivity index (χ1v) is 6.50. The Bertz CT molecular complexity index is 662. The van der Waals surface area contributed by atoms with Crippen LogP contribution in [-0.2, 0) is 11.2 Å². The summed E-state index contributed by atoms with van der Waals surface area (Å²) >= 11 is 11.7. The number of rotatable bonds is 3. The molecule has 0 saturated carbocycles. The molecular formula is C14H11Cl2FN2O. The third kappa shape index (κ3) is 3.62. The molecule has 2 aromatic carbocycles. The lowest BCUT2D eigenvalue weighted by molar-refractivity contribution is -0.115. The molecule has 6 heteroatoms. The molecule has 0 aliphatic rings. The number of nitrogens with one attached hydrogen (secondary N) is 1. The Labute approximate surface area is 125 Å². The number of benzene rings is 2. The van der Waals surface area contributed by atoms with Gasteiger partial charge in [-0.2, -0.15) is 0 Å². The number of hydrogen-bond donors (Lipinski definition) is 2. The van der Waals surface area contributed by atoms with Gasteiger partial charge >= 0.3 is 0 Å². The molecule has 0 spiro atoms. The SMILES string of the molecule is Nc1ccc(F)cc1NC(=O)Cc1ccc(Cl)c(Cl)c1. The molecule has 0 aliphatic heterocycles. The Morgan fingerprint density at radius 2 is 1.90 bits per heavy atom. The van der Waals surface area contributed by atoms with Crippen molar-refractivity contribution in [2.75, 3.05) is 11.1 Å². The molecule has 2 rings (SSSR count). The van der Waals surface area contributed by atoms with Gasteiger partial charge in [0, 0.05) is 0 Å². The van der Waals surface area contributed by atoms with Crippen LogP contribution in [0.25, 0.3) is 0 Å². The van der Waals surface area contributed by atoms with Crippen LogP contribution in [0, 0.1) is 5.82 Å². The Kier molecular flexibility index (Phi) is 4.47. The van der Waals surface area contributed by atoms with Crippen molar-refractivity contribution >= 4 is 40.5 Å². The number of nitrogen functional groups attached to an aromatic ring is 1. The van der Waals surface area contributed by atoms with Gasteiger partial charge in [0.05, 0.1) is 27.8 Å². The molecule has 0 unspecified atom stereocenters. The molecular weight excluding hydrogens is 302 g/mol. The molecule has 104 valence electrons. The Hall–Kier alpha value is -1.78. The van der Waals surface area contributed by atoms with Crippen LogP contribution in [-0.4, -0.2) is 5.91 Å². The van der Waals surface area contributed by atoms with E-state index < -0.39 is 5.82 Å². The number of carbonyl (C=O) groups excluding carboxylic acids is 1. The summed E-state index contributed by atoms with van der Waals surface area (Å²) in [4.78, 5) is 11.9. The lowest BCUT2D eigenvalue weighted by Crippen LogP contribution is -2.15. The molecule has 0 bridgehead atoms. The molecule has 3 N–H and O–H groups in total. The average Bonchev–Trinajstić information content (AvgIpc) is 2.38. The predicted molar refractivity (Wildman–Crippen MR) is 79.6 cm³/mol. The Morgan fingerprint density at radius 1 is 1.15 bits per heavy atom. The van der Waals surface area contributed by atoms with E-state index in [0.29, 0.717) is 21.3 Å². The van der Waals surface area contributed by atoms with Gasteiger partial charge in [0.15, 0.2) is 0 Å². The average molecular weight is 313 g/mol. The van der Waals surface area contributed by atoms with Crippen LogP contribution < -0.4 is 11.1 Å². The van der Waals surface area contributed by atoms with Gasteiger partial charge in [-0.05, 0) is 35.9 Å². The zero-order valence-corrected chi connectivity index (χ0v) is 11.8. The van der Waals surface area contributed by atoms with Crippen molar-refractivity contribution in [1.29, 1.82) is 0 Å². The summed E-state index contributed by atoms with van der Waals surface area (Å²) in [6.07, 6.45) is 0.0901. The summed E-state index contributed by atoms with van der Waals surface area (Å²) in [5.74, 6) is -0.787. The molecule has 0 radical (unpaired) electrons. The lowest BCUT2D eigenvalue weighted by atomic mass is 10.1. The number of carbonyl (C=O) groups is 1. The maximum absolute atomic E-state index is 13.1. The summed E-state index contributed by atoms with van der Waals surface area (Å²) in [6, 6.07) is 8.71. The summed E-state index contributed by atoms with van der Waals surface area (Å²) in [5, 5.41) is 3.35. The highest BCUT2D eigenvalue weighted by atomic mass is 35.5. The van der Waals surface area contributed by atoms with Crippen molar-refractivity contribution in [1.82, 2.24) is 0 Å². The first kappa shape index (κ1) is 14.6. The van der Waals surface area contributed by atoms with Crippen LogP contribution in [0.3, 0.4) is 0 Å². The van der Waals surface area contributed by atoms with E-state index in [9.17, 15) is 9.18 Å². The van der Waals surface area contributed by atoms with E-state index in [1.807, 2.05) is 0 Å². The maximum atomic E-state index is 13.1. The standard InChI is InChI=1S/C14H11Cl2FN2O/c15-10-3-1-8(5-11(10)16)6-14(20)19-13-7-9(17)2-4-12(13)18/h1-5,7H,6,18H2,(H,19,20). The minimum Gasteiger partial charge on any atom is -0.397 e. The third-order valence-corrected chi connectivity index (χ3v) is 3.38. The molecule has 1 amide bonds. The summed E-state index contributed by atoms with van der Waals surface area (Å²) in [7, 11) is 0. The van der Waals surface area contributed by atoms with Gasteiger partial charge in [-0.3, -0.25) is 4.79 Å². The third-order valence-electron chi connectivity index (χ3n) is 2.64. The molecule has 0 heterocycles. The highest BCUT2D eigenvalue weighted by Crippen LogP contribution is 2.23. The first-order chi connectivity index (χ1) is 9.45. The second-order valence-corrected chi connectivity index (χ2v) is 5.02. The fraction of sp³-hybridized carbons (Fsp3) is 0.0714. The van der Waals surface area contributed by atoms with Crippen LogP contribution in [0.4, 0.5) is 15.8 Å². The van der Waals surface area contributed by atoms with Crippen LogP contribution in [0.5, 0.6) is 0 Å². The highest BCUT2D eigenvalue weighted by Gasteiger charge is 2.08. The molecule has 0 saturated heterocycles. The summed E-state index contributed by atoms with van der Waals surface area (Å²) < 4.78 is 13.1. The van der Waals surface area contributed by atoms with Crippen molar-refractivity contribution in [3.05, 3.63) is 57.8 Å². The quantitative estimate of drug-likeness (QED) is 0.845. The number of hydrogen-bond acceptors (Lipinski definition) is 2. The zero-order chi connectivity index (χ0) is 14.7. The van der Waals surface area contributed by atoms with Gasteiger partial charge in [0.2, 0.25) is 5.91 Å². The minimum atomic E-state index is -0.468. The van der Waals surface area contributed by atoms with Crippen molar-refractivity contribution < 1.29 is 9.18 Å². The molecule has 2 aromatic rings. The van der Waals surface area contributed by atoms with Crippen LogP contribution in [0.1, 0.15) is 5.56 Å². The first-order valence-electron chi connectivity index (χ1n) is 5.74. The monoisotopic (exact) mass is 312 g/mol. The fourth-order valence-electron chi connectivity index (χ4n) is 1.67. The number of nitrogens with two attached hydrogens (primary N) is 1. The van der Waals surface area contributed by atoms with Gasteiger partial charge in [-0.1, -0.05) is 29.3 Å². The Balaban J connectivity index is 2.09. The van der Waals surface area contributed by atoms with Crippen molar-refractivity contribution in [3.63, 3.8) is 0 Å². The maximum Gasteiger partial charge on any atom is 0.228 e. The van der Waals surface area contributed by atoms with E-state index in [0.717, 1.165) is 0 Å². The lowest BCUT2D eigenvalue weighted by Gasteiger charge is -2.08. The van der Waals surface area contributed by atoms with Gasteiger partial charge in [-0.25, -0.2) is 4.39 Å². The molecule has 0 fully saturated rings. The molecule has 0 atom stereocenters. The smallest absolute Gasteiger partial charge is 0.228 e. The van der Waals surface area contributed by atoms with Crippen molar-refractivity contribution in [3.8, 4) is 0 Å². The van der Waals surface area contributed by atoms with Crippen molar-refractivity contribution in [2.45, 2.75) is 6.42 Å². The molecule has 0 aliphatic carbocycles. The van der Waals surface area contributed by atoms with Crippen LogP contribution >= 0.6 is 23.2 Å². The minimum absolute atomic E-state index is 0.0901. The molecule has 3 nitrogen and oxygen atoms in total.